The van der Waals surface area contributed by atoms with Crippen LogP contribution in [0.4, 0.5) is 0 Å². The third kappa shape index (κ3) is 3.65. The van der Waals surface area contributed by atoms with Crippen LogP contribution in [0.25, 0.3) is 0 Å². The van der Waals surface area contributed by atoms with E-state index in [0.717, 1.165) is 19.3 Å². The average Bonchev–Trinajstić information content (AvgIpc) is 2.97. The molecule has 0 bridgehead atoms. The van der Waals surface area contributed by atoms with Crippen molar-refractivity contribution in [2.75, 3.05) is 0 Å². The lowest BCUT2D eigenvalue weighted by Gasteiger charge is -2.34. The van der Waals surface area contributed by atoms with Crippen molar-refractivity contribution in [3.63, 3.8) is 0 Å². The molecule has 0 radical (unpaired) electrons. The fourth-order valence-corrected chi connectivity index (χ4v) is 5.77. The van der Waals surface area contributed by atoms with Crippen LogP contribution in [0.2, 0.25) is 0 Å². The maximum atomic E-state index is 13.1. The highest BCUT2D eigenvalue weighted by Crippen LogP contribution is 2.63. The first-order valence-corrected chi connectivity index (χ1v) is 10.4. The summed E-state index contributed by atoms with van der Waals surface area (Å²) in [4.78, 5) is 13.1. The van der Waals surface area contributed by atoms with Crippen LogP contribution in [0.3, 0.4) is 0 Å². The Morgan fingerprint density at radius 1 is 0.875 bits per heavy atom. The Morgan fingerprint density at radius 3 is 1.79 bits per heavy atom. The average molecular weight is 333 g/mol. The SMILES string of the molecule is CC.CC1(C)CC(C)(C)C2=C1CC(C)(C(=O)CC1CCCCC1)C2. The summed E-state index contributed by atoms with van der Waals surface area (Å²) in [7, 11) is 0. The molecule has 3 aliphatic carbocycles. The number of ketones is 1. The molecule has 0 unspecified atom stereocenters. The fraction of sp³-hybridized carbons (Fsp3) is 0.870. The zero-order valence-electron chi connectivity index (χ0n) is 17.3. The number of hydrogen-bond acceptors (Lipinski definition) is 1. The second-order valence-corrected chi connectivity index (χ2v) is 9.95. The minimum absolute atomic E-state index is 0.100. The van der Waals surface area contributed by atoms with Gasteiger partial charge in [-0.1, -0.05) is 91.7 Å². The number of allylic oxidation sites excluding steroid dienone is 2. The van der Waals surface area contributed by atoms with E-state index in [0.29, 0.717) is 22.5 Å². The standard InChI is InChI=1S/C21H34O.C2H6/c1-19(2)14-20(3,4)17-13-21(5,12-16(17)19)18(22)11-15-9-7-6-8-10-15;1-2/h15H,6-14H2,1-5H3;1-2H3. The highest BCUT2D eigenvalue weighted by molar-refractivity contribution is 5.86. The lowest BCUT2D eigenvalue weighted by atomic mass is 9.69. The normalized spacial score (nSPS) is 27.5. The van der Waals surface area contributed by atoms with Crippen molar-refractivity contribution >= 4 is 5.78 Å². The van der Waals surface area contributed by atoms with Crippen LogP contribution in [0.1, 0.15) is 106 Å². The second-order valence-electron chi connectivity index (χ2n) is 9.95. The van der Waals surface area contributed by atoms with Crippen molar-refractivity contribution in [3.8, 4) is 0 Å². The quantitative estimate of drug-likeness (QED) is 0.503. The Kier molecular flexibility index (Phi) is 5.72. The Hall–Kier alpha value is -0.590. The summed E-state index contributed by atoms with van der Waals surface area (Å²) in [5, 5.41) is 0. The van der Waals surface area contributed by atoms with Crippen molar-refractivity contribution < 1.29 is 4.79 Å². The topological polar surface area (TPSA) is 17.1 Å². The molecule has 0 amide bonds. The molecule has 138 valence electrons. The number of rotatable bonds is 3. The van der Waals surface area contributed by atoms with Gasteiger partial charge in [-0.2, -0.15) is 0 Å². The Balaban J connectivity index is 0.00000100. The predicted molar refractivity (Wildman–Crippen MR) is 104 cm³/mol. The molecule has 0 saturated heterocycles. The molecular weight excluding hydrogens is 292 g/mol. The van der Waals surface area contributed by atoms with Gasteiger partial charge >= 0.3 is 0 Å². The molecule has 1 nitrogen and oxygen atoms in total. The molecular formula is C23H40O. The van der Waals surface area contributed by atoms with E-state index in [1.165, 1.54) is 38.5 Å². The molecule has 0 aromatic carbocycles. The van der Waals surface area contributed by atoms with E-state index < -0.39 is 0 Å². The lowest BCUT2D eigenvalue weighted by Crippen LogP contribution is -2.31. The molecule has 0 aromatic heterocycles. The third-order valence-corrected chi connectivity index (χ3v) is 6.89. The molecule has 0 atom stereocenters. The van der Waals surface area contributed by atoms with Crippen molar-refractivity contribution in [2.45, 2.75) is 106 Å². The summed E-state index contributed by atoms with van der Waals surface area (Å²) in [6.45, 7) is 15.8. The Labute approximate surface area is 150 Å². The van der Waals surface area contributed by atoms with Gasteiger partial charge in [0.05, 0.1) is 0 Å². The van der Waals surface area contributed by atoms with Gasteiger partial charge in [-0.15, -0.1) is 0 Å². The monoisotopic (exact) mass is 332 g/mol. The van der Waals surface area contributed by atoms with Gasteiger partial charge in [0.25, 0.3) is 0 Å². The van der Waals surface area contributed by atoms with Crippen LogP contribution in [0, 0.1) is 22.2 Å². The number of Topliss-reactive ketones (excluding diaryl/α,β-unsaturated/α-hetero) is 1. The molecule has 1 saturated carbocycles. The molecule has 0 N–H and O–H groups in total. The Morgan fingerprint density at radius 2 is 1.33 bits per heavy atom. The molecule has 0 spiro atoms. The van der Waals surface area contributed by atoms with E-state index in [1.54, 1.807) is 11.1 Å². The molecule has 0 aromatic rings. The van der Waals surface area contributed by atoms with Gasteiger partial charge in [0.1, 0.15) is 5.78 Å². The molecule has 3 rings (SSSR count). The first-order chi connectivity index (χ1) is 11.1. The zero-order chi connectivity index (χ0) is 18.2. The van der Waals surface area contributed by atoms with Gasteiger partial charge in [0.15, 0.2) is 0 Å². The molecule has 24 heavy (non-hydrogen) atoms. The van der Waals surface area contributed by atoms with Gasteiger partial charge in [-0.3, -0.25) is 4.79 Å². The van der Waals surface area contributed by atoms with Crippen LogP contribution in [0.5, 0.6) is 0 Å². The molecule has 1 fully saturated rings. The van der Waals surface area contributed by atoms with E-state index in [9.17, 15) is 4.79 Å². The molecule has 3 aliphatic rings. The van der Waals surface area contributed by atoms with Crippen molar-refractivity contribution in [2.24, 2.45) is 22.2 Å². The predicted octanol–water partition coefficient (Wildman–Crippen LogP) is 7.10. The van der Waals surface area contributed by atoms with Crippen LogP contribution >= 0.6 is 0 Å². The minimum Gasteiger partial charge on any atom is -0.299 e. The third-order valence-electron chi connectivity index (χ3n) is 6.89. The maximum Gasteiger partial charge on any atom is 0.139 e. The summed E-state index contributed by atoms with van der Waals surface area (Å²) >= 11 is 0. The first kappa shape index (κ1) is 19.7. The highest BCUT2D eigenvalue weighted by Gasteiger charge is 2.53. The number of carbonyl (C=O) groups excluding carboxylic acids is 1. The molecule has 1 heteroatoms. The van der Waals surface area contributed by atoms with Crippen LogP contribution in [-0.2, 0) is 4.79 Å². The van der Waals surface area contributed by atoms with E-state index in [1.807, 2.05) is 13.8 Å². The zero-order valence-corrected chi connectivity index (χ0v) is 17.3. The molecule has 0 aliphatic heterocycles. The smallest absolute Gasteiger partial charge is 0.139 e. The highest BCUT2D eigenvalue weighted by atomic mass is 16.1. The van der Waals surface area contributed by atoms with E-state index in [4.69, 9.17) is 0 Å². The largest absolute Gasteiger partial charge is 0.299 e. The summed E-state index contributed by atoms with van der Waals surface area (Å²) in [6, 6.07) is 0. The van der Waals surface area contributed by atoms with E-state index >= 15 is 0 Å². The molecule has 0 heterocycles. The summed E-state index contributed by atoms with van der Waals surface area (Å²) in [5.41, 5.74) is 3.73. The van der Waals surface area contributed by atoms with Gasteiger partial charge in [-0.25, -0.2) is 0 Å². The fourth-order valence-electron chi connectivity index (χ4n) is 5.77. The van der Waals surface area contributed by atoms with Crippen LogP contribution in [0.15, 0.2) is 11.1 Å². The summed E-state index contributed by atoms with van der Waals surface area (Å²) in [5.74, 6) is 1.23. The van der Waals surface area contributed by atoms with E-state index in [2.05, 4.69) is 34.6 Å². The van der Waals surface area contributed by atoms with Gasteiger partial charge in [0, 0.05) is 11.8 Å². The number of hydrogen-bond donors (Lipinski definition) is 0. The van der Waals surface area contributed by atoms with Crippen molar-refractivity contribution in [1.82, 2.24) is 0 Å². The van der Waals surface area contributed by atoms with Gasteiger partial charge < -0.3 is 0 Å². The minimum atomic E-state index is -0.100. The van der Waals surface area contributed by atoms with Crippen molar-refractivity contribution in [1.29, 1.82) is 0 Å². The lowest BCUT2D eigenvalue weighted by molar-refractivity contribution is -0.129. The van der Waals surface area contributed by atoms with Crippen LogP contribution in [-0.4, -0.2) is 5.78 Å². The van der Waals surface area contributed by atoms with E-state index in [-0.39, 0.29) is 5.41 Å². The second kappa shape index (κ2) is 6.96. The van der Waals surface area contributed by atoms with Gasteiger partial charge in [0.2, 0.25) is 0 Å². The summed E-state index contributed by atoms with van der Waals surface area (Å²) in [6.07, 6.45) is 10.8. The first-order valence-electron chi connectivity index (χ1n) is 10.4. The van der Waals surface area contributed by atoms with Gasteiger partial charge in [-0.05, 0) is 36.0 Å². The summed E-state index contributed by atoms with van der Waals surface area (Å²) < 4.78 is 0. The Bertz CT molecular complexity index is 474. The number of carbonyl (C=O) groups is 1. The van der Waals surface area contributed by atoms with Crippen molar-refractivity contribution in [3.05, 3.63) is 11.1 Å². The van der Waals surface area contributed by atoms with Crippen LogP contribution < -0.4 is 0 Å². The maximum absolute atomic E-state index is 13.1.